The molecule has 1 aliphatic rings. The number of alkyl halides is 3. The van der Waals surface area contributed by atoms with E-state index in [0.717, 1.165) is 11.6 Å². The zero-order valence-corrected chi connectivity index (χ0v) is 19.4. The van der Waals surface area contributed by atoms with Crippen molar-refractivity contribution in [2.75, 3.05) is 22.1 Å². The van der Waals surface area contributed by atoms with Crippen molar-refractivity contribution in [3.8, 4) is 0 Å². The minimum absolute atomic E-state index is 0.0977. The summed E-state index contributed by atoms with van der Waals surface area (Å²) >= 11 is 0. The SMILES string of the molecule is CC.CC(C)N1CC(=O)Nc2cnc(NCc3cnn(Cc4ccc(C(F)(F)F)nc4)c3)nc21. The first kappa shape index (κ1) is 24.9. The quantitative estimate of drug-likeness (QED) is 0.556. The summed E-state index contributed by atoms with van der Waals surface area (Å²) in [6.45, 7) is 8.89. The maximum absolute atomic E-state index is 12.6. The summed E-state index contributed by atoms with van der Waals surface area (Å²) in [5.74, 6) is 0.957. The lowest BCUT2D eigenvalue weighted by molar-refractivity contribution is -0.141. The molecule has 182 valence electrons. The maximum atomic E-state index is 12.6. The van der Waals surface area contributed by atoms with Crippen LogP contribution in [-0.4, -0.2) is 43.2 Å². The number of fused-ring (bicyclic) bond motifs is 1. The van der Waals surface area contributed by atoms with Crippen molar-refractivity contribution in [2.24, 2.45) is 0 Å². The molecule has 0 saturated heterocycles. The average molecular weight is 477 g/mol. The fourth-order valence-electron chi connectivity index (χ4n) is 3.25. The standard InChI is InChI=1S/C20H21F3N8O.C2H6/c1-12(2)31-11-17(32)28-15-8-26-19(29-18(15)31)25-6-14-7-27-30(10-14)9-13-3-4-16(24-5-13)20(21,22)23;1-2/h3-5,7-8,10,12H,6,9,11H2,1-2H3,(H,28,32)(H,25,26,29);1-2H3. The van der Waals surface area contributed by atoms with Crippen LogP contribution in [0.25, 0.3) is 0 Å². The molecule has 3 aromatic rings. The van der Waals surface area contributed by atoms with Crippen molar-refractivity contribution in [1.29, 1.82) is 0 Å². The van der Waals surface area contributed by atoms with Gasteiger partial charge in [0.05, 0.1) is 25.5 Å². The van der Waals surface area contributed by atoms with Gasteiger partial charge in [0.25, 0.3) is 0 Å². The normalized spacial score (nSPS) is 13.2. The molecule has 4 rings (SSSR count). The molecule has 2 N–H and O–H groups in total. The number of nitrogens with one attached hydrogen (secondary N) is 2. The molecule has 0 aliphatic carbocycles. The second kappa shape index (κ2) is 10.5. The molecule has 0 atom stereocenters. The van der Waals surface area contributed by atoms with Crippen molar-refractivity contribution in [3.63, 3.8) is 0 Å². The van der Waals surface area contributed by atoms with Gasteiger partial charge in [0.1, 0.15) is 11.4 Å². The number of aromatic nitrogens is 5. The first-order valence-corrected chi connectivity index (χ1v) is 10.9. The Bertz CT molecular complexity index is 1110. The lowest BCUT2D eigenvalue weighted by Crippen LogP contribution is -2.43. The third-order valence-corrected chi connectivity index (χ3v) is 4.85. The highest BCUT2D eigenvalue weighted by Gasteiger charge is 2.32. The van der Waals surface area contributed by atoms with Gasteiger partial charge in [-0.05, 0) is 25.5 Å². The first-order valence-electron chi connectivity index (χ1n) is 10.9. The summed E-state index contributed by atoms with van der Waals surface area (Å²) in [4.78, 5) is 26.0. The molecule has 0 spiro atoms. The second-order valence-electron chi connectivity index (χ2n) is 7.65. The smallest absolute Gasteiger partial charge is 0.350 e. The molecule has 1 aliphatic heterocycles. The predicted octanol–water partition coefficient (Wildman–Crippen LogP) is 3.94. The van der Waals surface area contributed by atoms with E-state index >= 15 is 0 Å². The van der Waals surface area contributed by atoms with Crippen molar-refractivity contribution in [1.82, 2.24) is 24.7 Å². The lowest BCUT2D eigenvalue weighted by atomic mass is 10.2. The fourth-order valence-corrected chi connectivity index (χ4v) is 3.25. The topological polar surface area (TPSA) is 101 Å². The van der Waals surface area contributed by atoms with Crippen LogP contribution < -0.4 is 15.5 Å². The second-order valence-corrected chi connectivity index (χ2v) is 7.65. The van der Waals surface area contributed by atoms with Crippen LogP contribution in [0.1, 0.15) is 44.5 Å². The van der Waals surface area contributed by atoms with Gasteiger partial charge in [-0.2, -0.15) is 23.3 Å². The highest BCUT2D eigenvalue weighted by atomic mass is 19.4. The van der Waals surface area contributed by atoms with Crippen LogP contribution in [0.3, 0.4) is 0 Å². The van der Waals surface area contributed by atoms with Gasteiger partial charge in [-0.3, -0.25) is 14.5 Å². The van der Waals surface area contributed by atoms with Crippen LogP contribution in [0.4, 0.5) is 30.6 Å². The first-order chi connectivity index (χ1) is 16.2. The predicted molar refractivity (Wildman–Crippen MR) is 122 cm³/mol. The summed E-state index contributed by atoms with van der Waals surface area (Å²) in [7, 11) is 0. The molecule has 0 unspecified atom stereocenters. The molecule has 0 aromatic carbocycles. The van der Waals surface area contributed by atoms with Crippen LogP contribution in [0, 0.1) is 0 Å². The molecular weight excluding hydrogens is 449 g/mol. The number of hydrogen-bond acceptors (Lipinski definition) is 7. The summed E-state index contributed by atoms with van der Waals surface area (Å²) < 4.78 is 39.5. The highest BCUT2D eigenvalue weighted by molar-refractivity contribution is 6.00. The number of carbonyl (C=O) groups excluding carboxylic acids is 1. The molecule has 34 heavy (non-hydrogen) atoms. The van der Waals surface area contributed by atoms with E-state index in [-0.39, 0.29) is 18.5 Å². The molecule has 4 heterocycles. The average Bonchev–Trinajstić information content (AvgIpc) is 3.25. The summed E-state index contributed by atoms with van der Waals surface area (Å²) in [6.07, 6.45) is 1.74. The number of nitrogens with zero attached hydrogens (tertiary/aromatic N) is 6. The van der Waals surface area contributed by atoms with Crippen molar-refractivity contribution in [2.45, 2.75) is 53.0 Å². The highest BCUT2D eigenvalue weighted by Crippen LogP contribution is 2.29. The maximum Gasteiger partial charge on any atom is 0.433 e. The molecule has 0 bridgehead atoms. The number of pyridine rings is 1. The van der Waals surface area contributed by atoms with Crippen LogP contribution in [0.15, 0.2) is 36.9 Å². The van der Waals surface area contributed by atoms with Crippen LogP contribution >= 0.6 is 0 Å². The van der Waals surface area contributed by atoms with E-state index < -0.39 is 11.9 Å². The Morgan fingerprint density at radius 2 is 1.88 bits per heavy atom. The summed E-state index contributed by atoms with van der Waals surface area (Å²) in [6, 6.07) is 2.44. The molecule has 0 fully saturated rings. The molecule has 1 amide bonds. The van der Waals surface area contributed by atoms with Crippen LogP contribution in [0.2, 0.25) is 0 Å². The Hall–Kier alpha value is -3.70. The Morgan fingerprint density at radius 1 is 1.12 bits per heavy atom. The van der Waals surface area contributed by atoms with Gasteiger partial charge in [0.15, 0.2) is 5.82 Å². The lowest BCUT2D eigenvalue weighted by Gasteiger charge is -2.32. The van der Waals surface area contributed by atoms with Gasteiger partial charge in [-0.15, -0.1) is 0 Å². The number of anilines is 3. The van der Waals surface area contributed by atoms with Gasteiger partial charge in [0.2, 0.25) is 11.9 Å². The van der Waals surface area contributed by atoms with Crippen molar-refractivity contribution < 1.29 is 18.0 Å². The van der Waals surface area contributed by atoms with E-state index in [9.17, 15) is 18.0 Å². The Labute approximate surface area is 195 Å². The van der Waals surface area contributed by atoms with Gasteiger partial charge in [0, 0.05) is 30.5 Å². The molecule has 9 nitrogen and oxygen atoms in total. The van der Waals surface area contributed by atoms with E-state index in [1.807, 2.05) is 32.6 Å². The number of amides is 1. The molecule has 3 aromatic heterocycles. The summed E-state index contributed by atoms with van der Waals surface area (Å²) in [5, 5.41) is 10.1. The number of rotatable bonds is 6. The van der Waals surface area contributed by atoms with Gasteiger partial charge in [-0.25, -0.2) is 4.98 Å². The third kappa shape index (κ3) is 6.00. The molecule has 0 saturated carbocycles. The number of carbonyl (C=O) groups is 1. The minimum atomic E-state index is -4.46. The largest absolute Gasteiger partial charge is 0.433 e. The van der Waals surface area contributed by atoms with E-state index in [0.29, 0.717) is 36.1 Å². The molecule has 0 radical (unpaired) electrons. The molecule has 12 heteroatoms. The van der Waals surface area contributed by atoms with Crippen LogP contribution in [-0.2, 0) is 24.1 Å². The number of hydrogen-bond donors (Lipinski definition) is 2. The van der Waals surface area contributed by atoms with Crippen LogP contribution in [0.5, 0.6) is 0 Å². The Kier molecular flexibility index (Phi) is 7.69. The van der Waals surface area contributed by atoms with Gasteiger partial charge >= 0.3 is 6.18 Å². The van der Waals surface area contributed by atoms with E-state index in [1.54, 1.807) is 23.3 Å². The zero-order valence-electron chi connectivity index (χ0n) is 19.4. The van der Waals surface area contributed by atoms with Gasteiger partial charge < -0.3 is 15.5 Å². The fraction of sp³-hybridized carbons (Fsp3) is 0.409. The minimum Gasteiger partial charge on any atom is -0.350 e. The van der Waals surface area contributed by atoms with Crippen molar-refractivity contribution >= 4 is 23.4 Å². The third-order valence-electron chi connectivity index (χ3n) is 4.85. The zero-order chi connectivity index (χ0) is 24.9. The van der Waals surface area contributed by atoms with E-state index in [1.165, 1.54) is 12.3 Å². The Morgan fingerprint density at radius 3 is 2.53 bits per heavy atom. The van der Waals surface area contributed by atoms with Crippen molar-refractivity contribution in [3.05, 3.63) is 53.7 Å². The Balaban J connectivity index is 0.00000158. The number of halogens is 3. The van der Waals surface area contributed by atoms with Gasteiger partial charge in [-0.1, -0.05) is 19.9 Å². The monoisotopic (exact) mass is 476 g/mol. The summed E-state index contributed by atoms with van der Waals surface area (Å²) in [5.41, 5.74) is 1.10. The van der Waals surface area contributed by atoms with E-state index in [4.69, 9.17) is 0 Å². The van der Waals surface area contributed by atoms with E-state index in [2.05, 4.69) is 30.7 Å². The molecular formula is C22H27F3N8O.